The van der Waals surface area contributed by atoms with Crippen molar-refractivity contribution in [3.63, 3.8) is 0 Å². The maximum Gasteiger partial charge on any atom is 0.243 e. The zero-order valence-corrected chi connectivity index (χ0v) is 13.8. The van der Waals surface area contributed by atoms with Gasteiger partial charge in [-0.05, 0) is 25.3 Å². The lowest BCUT2D eigenvalue weighted by Crippen LogP contribution is -2.54. The Bertz CT molecular complexity index is 603. The summed E-state index contributed by atoms with van der Waals surface area (Å²) in [5, 5.41) is 2.68. The Balaban J connectivity index is 2.04. The van der Waals surface area contributed by atoms with E-state index < -0.39 is 24.0 Å². The first-order valence-electron chi connectivity index (χ1n) is 8.10. The van der Waals surface area contributed by atoms with Crippen LogP contribution >= 0.6 is 0 Å². The number of benzene rings is 1. The second-order valence-electron chi connectivity index (χ2n) is 6.13. The highest BCUT2D eigenvalue weighted by molar-refractivity contribution is 5.93. The molecule has 0 aliphatic carbocycles. The molecule has 1 aliphatic heterocycles. The van der Waals surface area contributed by atoms with Gasteiger partial charge in [0.1, 0.15) is 12.1 Å². The summed E-state index contributed by atoms with van der Waals surface area (Å²) in [6.07, 6.45) is 1.60. The standard InChI is InChI=1S/C17H24N4O3/c1-11(18)17(24)21-9-5-8-14(21)16(23)20-13(15(19)22)10-12-6-3-2-4-7-12/h2-4,6-7,11,13-14H,5,8-10,18H2,1H3,(H2,19,22)(H,20,23)/t11-,13-,14-/m0/s1. The van der Waals surface area contributed by atoms with Crippen LogP contribution in [0.4, 0.5) is 0 Å². The lowest BCUT2D eigenvalue weighted by atomic mass is 10.0. The first-order valence-corrected chi connectivity index (χ1v) is 8.10. The zero-order chi connectivity index (χ0) is 17.7. The topological polar surface area (TPSA) is 119 Å². The van der Waals surface area contributed by atoms with E-state index in [2.05, 4.69) is 5.32 Å². The fourth-order valence-electron chi connectivity index (χ4n) is 2.91. The van der Waals surface area contributed by atoms with Gasteiger partial charge in [0, 0.05) is 13.0 Å². The molecule has 1 aromatic carbocycles. The molecule has 7 heteroatoms. The molecule has 0 bridgehead atoms. The van der Waals surface area contributed by atoms with Crippen molar-refractivity contribution in [3.8, 4) is 0 Å². The van der Waals surface area contributed by atoms with Crippen molar-refractivity contribution in [1.82, 2.24) is 10.2 Å². The van der Waals surface area contributed by atoms with Crippen molar-refractivity contribution in [1.29, 1.82) is 0 Å². The summed E-state index contributed by atoms with van der Waals surface area (Å²) in [5.41, 5.74) is 12.0. The van der Waals surface area contributed by atoms with Gasteiger partial charge in [-0.3, -0.25) is 14.4 Å². The zero-order valence-electron chi connectivity index (χ0n) is 13.8. The lowest BCUT2D eigenvalue weighted by molar-refractivity contribution is -0.139. The molecule has 0 unspecified atom stereocenters. The van der Waals surface area contributed by atoms with Crippen molar-refractivity contribution in [2.45, 2.75) is 44.3 Å². The molecule has 1 fully saturated rings. The number of carbonyl (C=O) groups is 3. The van der Waals surface area contributed by atoms with Crippen molar-refractivity contribution in [2.24, 2.45) is 11.5 Å². The molecule has 0 spiro atoms. The second kappa shape index (κ2) is 7.92. The van der Waals surface area contributed by atoms with E-state index in [0.717, 1.165) is 12.0 Å². The predicted molar refractivity (Wildman–Crippen MR) is 89.7 cm³/mol. The molecule has 1 saturated heterocycles. The van der Waals surface area contributed by atoms with Crippen LogP contribution < -0.4 is 16.8 Å². The van der Waals surface area contributed by atoms with Crippen LogP contribution in [0.2, 0.25) is 0 Å². The van der Waals surface area contributed by atoms with Crippen molar-refractivity contribution < 1.29 is 14.4 Å². The van der Waals surface area contributed by atoms with E-state index in [9.17, 15) is 14.4 Å². The van der Waals surface area contributed by atoms with Gasteiger partial charge in [-0.2, -0.15) is 0 Å². The minimum Gasteiger partial charge on any atom is -0.368 e. The van der Waals surface area contributed by atoms with Gasteiger partial charge in [-0.25, -0.2) is 0 Å². The summed E-state index contributed by atoms with van der Waals surface area (Å²) in [5.74, 6) is -1.22. The molecule has 1 heterocycles. The minimum absolute atomic E-state index is 0.258. The maximum absolute atomic E-state index is 12.5. The van der Waals surface area contributed by atoms with Crippen LogP contribution in [-0.4, -0.2) is 47.3 Å². The third-order valence-electron chi connectivity index (χ3n) is 4.17. The Morgan fingerprint density at radius 1 is 1.29 bits per heavy atom. The minimum atomic E-state index is -0.812. The van der Waals surface area contributed by atoms with Crippen LogP contribution in [0, 0.1) is 0 Å². The van der Waals surface area contributed by atoms with E-state index in [1.165, 1.54) is 4.90 Å². The summed E-state index contributed by atoms with van der Waals surface area (Å²) in [4.78, 5) is 37.8. The monoisotopic (exact) mass is 332 g/mol. The van der Waals surface area contributed by atoms with Gasteiger partial charge >= 0.3 is 0 Å². The number of carbonyl (C=O) groups excluding carboxylic acids is 3. The number of rotatable bonds is 6. The van der Waals surface area contributed by atoms with Crippen LogP contribution in [0.5, 0.6) is 0 Å². The molecule has 5 N–H and O–H groups in total. The van der Waals surface area contributed by atoms with Gasteiger partial charge in [0.05, 0.1) is 6.04 Å². The van der Waals surface area contributed by atoms with Crippen LogP contribution in [-0.2, 0) is 20.8 Å². The Morgan fingerprint density at radius 2 is 1.96 bits per heavy atom. The number of primary amides is 1. The highest BCUT2D eigenvalue weighted by Gasteiger charge is 2.36. The largest absolute Gasteiger partial charge is 0.368 e. The summed E-state index contributed by atoms with van der Waals surface area (Å²) in [7, 11) is 0. The van der Waals surface area contributed by atoms with Gasteiger partial charge in [-0.1, -0.05) is 30.3 Å². The third kappa shape index (κ3) is 4.32. The van der Waals surface area contributed by atoms with Crippen LogP contribution in [0.1, 0.15) is 25.3 Å². The molecule has 7 nitrogen and oxygen atoms in total. The van der Waals surface area contributed by atoms with E-state index >= 15 is 0 Å². The first kappa shape index (κ1) is 17.9. The highest BCUT2D eigenvalue weighted by Crippen LogP contribution is 2.18. The smallest absolute Gasteiger partial charge is 0.243 e. The van der Waals surface area contributed by atoms with Gasteiger partial charge in [0.25, 0.3) is 0 Å². The SMILES string of the molecule is C[C@H](N)C(=O)N1CCC[C@H]1C(=O)N[C@@H](Cc1ccccc1)C(N)=O. The van der Waals surface area contributed by atoms with E-state index in [0.29, 0.717) is 19.4 Å². The molecular weight excluding hydrogens is 308 g/mol. The van der Waals surface area contributed by atoms with Crippen molar-refractivity contribution >= 4 is 17.7 Å². The number of nitrogens with one attached hydrogen (secondary N) is 1. The first-order chi connectivity index (χ1) is 11.4. The van der Waals surface area contributed by atoms with Crippen molar-refractivity contribution in [2.75, 3.05) is 6.54 Å². The molecule has 0 radical (unpaired) electrons. The fraction of sp³-hybridized carbons (Fsp3) is 0.471. The molecule has 0 saturated carbocycles. The van der Waals surface area contributed by atoms with Gasteiger partial charge in [-0.15, -0.1) is 0 Å². The van der Waals surface area contributed by atoms with Crippen LogP contribution in [0.15, 0.2) is 30.3 Å². The van der Waals surface area contributed by atoms with E-state index in [1.54, 1.807) is 6.92 Å². The van der Waals surface area contributed by atoms with Crippen LogP contribution in [0.3, 0.4) is 0 Å². The lowest BCUT2D eigenvalue weighted by Gasteiger charge is -2.27. The summed E-state index contributed by atoms with van der Waals surface area (Å²) in [6, 6.07) is 7.25. The van der Waals surface area contributed by atoms with Gasteiger partial charge < -0.3 is 21.7 Å². The molecule has 1 aromatic rings. The molecule has 130 valence electrons. The fourth-order valence-corrected chi connectivity index (χ4v) is 2.91. The van der Waals surface area contributed by atoms with Gasteiger partial charge in [0.15, 0.2) is 0 Å². The molecule has 3 atom stereocenters. The Kier molecular flexibility index (Phi) is 5.92. The van der Waals surface area contributed by atoms with Crippen LogP contribution in [0.25, 0.3) is 0 Å². The molecule has 3 amide bonds. The van der Waals surface area contributed by atoms with E-state index in [4.69, 9.17) is 11.5 Å². The van der Waals surface area contributed by atoms with Gasteiger partial charge in [0.2, 0.25) is 17.7 Å². The number of nitrogens with zero attached hydrogens (tertiary/aromatic N) is 1. The molecule has 2 rings (SSSR count). The average molecular weight is 332 g/mol. The predicted octanol–water partition coefficient (Wildman–Crippen LogP) is -0.463. The Morgan fingerprint density at radius 3 is 2.54 bits per heavy atom. The van der Waals surface area contributed by atoms with E-state index in [-0.39, 0.29) is 11.8 Å². The summed E-state index contributed by atoms with van der Waals surface area (Å²) >= 11 is 0. The Labute approximate surface area is 141 Å². The van der Waals surface area contributed by atoms with Crippen molar-refractivity contribution in [3.05, 3.63) is 35.9 Å². The van der Waals surface area contributed by atoms with E-state index in [1.807, 2.05) is 30.3 Å². The Hall–Kier alpha value is -2.41. The number of nitrogens with two attached hydrogens (primary N) is 2. The molecule has 24 heavy (non-hydrogen) atoms. The number of amides is 3. The molecule has 0 aromatic heterocycles. The summed E-state index contributed by atoms with van der Waals surface area (Å²) in [6.45, 7) is 2.09. The number of hydrogen-bond acceptors (Lipinski definition) is 4. The molecular formula is C17H24N4O3. The summed E-state index contributed by atoms with van der Waals surface area (Å²) < 4.78 is 0. The maximum atomic E-state index is 12.5. The quantitative estimate of drug-likeness (QED) is 0.653. The number of hydrogen-bond donors (Lipinski definition) is 3. The number of likely N-dealkylation sites (tertiary alicyclic amines) is 1. The normalized spacial score (nSPS) is 19.6. The second-order valence-corrected chi connectivity index (χ2v) is 6.13. The third-order valence-corrected chi connectivity index (χ3v) is 4.17. The average Bonchev–Trinajstić information content (AvgIpc) is 3.03. The molecule has 1 aliphatic rings. The highest BCUT2D eigenvalue weighted by atomic mass is 16.2.